The van der Waals surface area contributed by atoms with Gasteiger partial charge in [0.25, 0.3) is 5.91 Å². The predicted octanol–water partition coefficient (Wildman–Crippen LogP) is 0.368. The minimum atomic E-state index is -0.475. The number of aromatic nitrogens is 2. The van der Waals surface area contributed by atoms with Gasteiger partial charge in [0.15, 0.2) is 0 Å². The molecule has 0 radical (unpaired) electrons. The normalized spacial score (nSPS) is 10.1. The summed E-state index contributed by atoms with van der Waals surface area (Å²) in [5, 5.41) is 6.74. The summed E-state index contributed by atoms with van der Waals surface area (Å²) in [5.41, 5.74) is 1.32. The number of hydrogen-bond donors (Lipinski definition) is 1. The molecule has 0 fully saturated rings. The van der Waals surface area contributed by atoms with E-state index < -0.39 is 5.97 Å². The average Bonchev–Trinajstić information content (AvgIpc) is 2.78. The van der Waals surface area contributed by atoms with E-state index in [9.17, 15) is 9.59 Å². The molecule has 1 amide bonds. The largest absolute Gasteiger partial charge is 0.468 e. The zero-order valence-corrected chi connectivity index (χ0v) is 10.3. The van der Waals surface area contributed by atoms with Crippen molar-refractivity contribution in [2.75, 3.05) is 13.7 Å². The third-order valence-electron chi connectivity index (χ3n) is 2.35. The second-order valence-electron chi connectivity index (χ2n) is 3.45. The van der Waals surface area contributed by atoms with E-state index in [0.717, 1.165) is 12.1 Å². The van der Waals surface area contributed by atoms with Crippen LogP contribution >= 0.6 is 0 Å². The molecule has 1 heterocycles. The van der Waals surface area contributed by atoms with E-state index in [4.69, 9.17) is 0 Å². The van der Waals surface area contributed by atoms with E-state index in [1.165, 1.54) is 7.11 Å². The number of esters is 1. The fourth-order valence-electron chi connectivity index (χ4n) is 1.38. The van der Waals surface area contributed by atoms with Gasteiger partial charge < -0.3 is 10.1 Å². The fraction of sp³-hybridized carbons (Fsp3) is 0.545. The first-order valence-corrected chi connectivity index (χ1v) is 5.54. The molecule has 0 saturated heterocycles. The molecule has 0 saturated carbocycles. The van der Waals surface area contributed by atoms with Crippen LogP contribution in [0.15, 0.2) is 6.07 Å². The molecular formula is C11H17N3O3. The van der Waals surface area contributed by atoms with Gasteiger partial charge in [-0.1, -0.05) is 6.92 Å². The lowest BCUT2D eigenvalue weighted by atomic mass is 10.3. The molecule has 0 bridgehead atoms. The number of rotatable bonds is 5. The zero-order valence-electron chi connectivity index (χ0n) is 10.3. The van der Waals surface area contributed by atoms with Crippen molar-refractivity contribution in [3.05, 3.63) is 17.5 Å². The van der Waals surface area contributed by atoms with Crippen LogP contribution in [0.3, 0.4) is 0 Å². The molecule has 1 rings (SSSR count). The van der Waals surface area contributed by atoms with Gasteiger partial charge in [-0.05, 0) is 19.4 Å². The number of nitrogens with zero attached hydrogens (tertiary/aromatic N) is 2. The van der Waals surface area contributed by atoms with Crippen LogP contribution in [0.1, 0.15) is 30.0 Å². The van der Waals surface area contributed by atoms with Gasteiger partial charge in [-0.2, -0.15) is 5.10 Å². The fourth-order valence-corrected chi connectivity index (χ4v) is 1.38. The number of nitrogens with one attached hydrogen (secondary N) is 1. The Kier molecular flexibility index (Phi) is 4.68. The smallest absolute Gasteiger partial charge is 0.325 e. The number of carbonyl (C=O) groups is 2. The van der Waals surface area contributed by atoms with E-state index >= 15 is 0 Å². The molecule has 0 aliphatic rings. The highest BCUT2D eigenvalue weighted by molar-refractivity contribution is 5.94. The Balaban J connectivity index is 2.73. The van der Waals surface area contributed by atoms with Crippen LogP contribution in [0.5, 0.6) is 0 Å². The quantitative estimate of drug-likeness (QED) is 0.753. The Bertz CT molecular complexity index is 412. The number of carbonyl (C=O) groups excluding carboxylic acids is 2. The van der Waals surface area contributed by atoms with Crippen molar-refractivity contribution in [1.82, 2.24) is 15.1 Å². The Morgan fingerprint density at radius 1 is 1.47 bits per heavy atom. The zero-order chi connectivity index (χ0) is 12.8. The van der Waals surface area contributed by atoms with Gasteiger partial charge in [0.2, 0.25) is 0 Å². The molecule has 1 aromatic rings. The molecule has 1 aromatic heterocycles. The second kappa shape index (κ2) is 6.03. The Morgan fingerprint density at radius 2 is 2.18 bits per heavy atom. The van der Waals surface area contributed by atoms with Gasteiger partial charge in [0.05, 0.1) is 12.8 Å². The van der Waals surface area contributed by atoms with Crippen LogP contribution in [-0.2, 0) is 22.5 Å². The summed E-state index contributed by atoms with van der Waals surface area (Å²) >= 11 is 0. The molecule has 0 atom stereocenters. The maximum absolute atomic E-state index is 11.8. The minimum Gasteiger partial charge on any atom is -0.468 e. The standard InChI is InChI=1S/C11H17N3O3/c1-4-8-6-9(14(5-2)13-8)11(16)12-7-10(15)17-3/h6H,4-5,7H2,1-3H3,(H,12,16). The van der Waals surface area contributed by atoms with Crippen LogP contribution in [-0.4, -0.2) is 35.3 Å². The van der Waals surface area contributed by atoms with E-state index in [2.05, 4.69) is 15.2 Å². The second-order valence-corrected chi connectivity index (χ2v) is 3.45. The van der Waals surface area contributed by atoms with E-state index in [-0.39, 0.29) is 12.5 Å². The summed E-state index contributed by atoms with van der Waals surface area (Å²) in [5.74, 6) is -0.791. The van der Waals surface area contributed by atoms with Crippen LogP contribution in [0.4, 0.5) is 0 Å². The lowest BCUT2D eigenvalue weighted by Gasteiger charge is -2.05. The molecule has 94 valence electrons. The van der Waals surface area contributed by atoms with Crippen molar-refractivity contribution >= 4 is 11.9 Å². The molecule has 0 aliphatic carbocycles. The van der Waals surface area contributed by atoms with Crippen molar-refractivity contribution < 1.29 is 14.3 Å². The van der Waals surface area contributed by atoms with Gasteiger partial charge >= 0.3 is 5.97 Å². The highest BCUT2D eigenvalue weighted by atomic mass is 16.5. The van der Waals surface area contributed by atoms with Crippen LogP contribution in [0.25, 0.3) is 0 Å². The first kappa shape index (κ1) is 13.2. The van der Waals surface area contributed by atoms with Crippen LogP contribution in [0.2, 0.25) is 0 Å². The van der Waals surface area contributed by atoms with Gasteiger partial charge in [-0.3, -0.25) is 14.3 Å². The summed E-state index contributed by atoms with van der Waals surface area (Å²) in [6.45, 7) is 4.36. The molecule has 6 nitrogen and oxygen atoms in total. The first-order chi connectivity index (χ1) is 8.12. The molecule has 0 spiro atoms. The Labute approximate surface area is 99.9 Å². The van der Waals surface area contributed by atoms with E-state index in [1.807, 2.05) is 13.8 Å². The summed E-state index contributed by atoms with van der Waals surface area (Å²) in [6, 6.07) is 1.73. The topological polar surface area (TPSA) is 73.2 Å². The van der Waals surface area contributed by atoms with Gasteiger partial charge in [-0.25, -0.2) is 0 Å². The minimum absolute atomic E-state index is 0.133. The monoisotopic (exact) mass is 239 g/mol. The highest BCUT2D eigenvalue weighted by Crippen LogP contribution is 2.05. The van der Waals surface area contributed by atoms with Crippen LogP contribution in [0, 0.1) is 0 Å². The molecule has 0 aromatic carbocycles. The molecule has 6 heteroatoms. The number of aryl methyl sites for hydroxylation is 2. The number of methoxy groups -OCH3 is 1. The lowest BCUT2D eigenvalue weighted by molar-refractivity contribution is -0.139. The SMILES string of the molecule is CCc1cc(C(=O)NCC(=O)OC)n(CC)n1. The predicted molar refractivity (Wildman–Crippen MR) is 61.6 cm³/mol. The van der Waals surface area contributed by atoms with Crippen molar-refractivity contribution in [2.24, 2.45) is 0 Å². The Morgan fingerprint density at radius 3 is 2.71 bits per heavy atom. The molecule has 0 unspecified atom stereocenters. The van der Waals surface area contributed by atoms with E-state index in [1.54, 1.807) is 10.7 Å². The highest BCUT2D eigenvalue weighted by Gasteiger charge is 2.14. The summed E-state index contributed by atoms with van der Waals surface area (Å²) in [4.78, 5) is 22.7. The third-order valence-corrected chi connectivity index (χ3v) is 2.35. The maximum Gasteiger partial charge on any atom is 0.325 e. The maximum atomic E-state index is 11.8. The molecular weight excluding hydrogens is 222 g/mol. The van der Waals surface area contributed by atoms with Gasteiger partial charge in [0, 0.05) is 6.54 Å². The van der Waals surface area contributed by atoms with Crippen LogP contribution < -0.4 is 5.32 Å². The number of amides is 1. The lowest BCUT2D eigenvalue weighted by Crippen LogP contribution is -2.31. The van der Waals surface area contributed by atoms with Crippen molar-refractivity contribution in [3.8, 4) is 0 Å². The van der Waals surface area contributed by atoms with Gasteiger partial charge in [0.1, 0.15) is 12.2 Å². The third kappa shape index (κ3) is 3.30. The summed E-state index contributed by atoms with van der Waals surface area (Å²) < 4.78 is 6.06. The van der Waals surface area contributed by atoms with E-state index in [0.29, 0.717) is 12.2 Å². The molecule has 0 aliphatic heterocycles. The van der Waals surface area contributed by atoms with Gasteiger partial charge in [-0.15, -0.1) is 0 Å². The molecule has 1 N–H and O–H groups in total. The average molecular weight is 239 g/mol. The summed E-state index contributed by atoms with van der Waals surface area (Å²) in [6.07, 6.45) is 0.768. The van der Waals surface area contributed by atoms with Crippen molar-refractivity contribution in [2.45, 2.75) is 26.8 Å². The first-order valence-electron chi connectivity index (χ1n) is 5.54. The molecule has 17 heavy (non-hydrogen) atoms. The number of ether oxygens (including phenoxy) is 1. The Hall–Kier alpha value is -1.85. The van der Waals surface area contributed by atoms with Crippen molar-refractivity contribution in [3.63, 3.8) is 0 Å². The number of hydrogen-bond acceptors (Lipinski definition) is 4. The van der Waals surface area contributed by atoms with Crippen molar-refractivity contribution in [1.29, 1.82) is 0 Å². The summed E-state index contributed by atoms with van der Waals surface area (Å²) in [7, 11) is 1.28.